The summed E-state index contributed by atoms with van der Waals surface area (Å²) in [5.41, 5.74) is 1.16. The summed E-state index contributed by atoms with van der Waals surface area (Å²) < 4.78 is 5.50. The molecule has 0 N–H and O–H groups in total. The van der Waals surface area contributed by atoms with E-state index in [0.29, 0.717) is 19.6 Å². The zero-order valence-corrected chi connectivity index (χ0v) is 9.93. The Kier molecular flexibility index (Phi) is 5.72. The maximum absolute atomic E-state index is 10.5. The molecule has 0 saturated heterocycles. The minimum atomic E-state index is -0.129. The van der Waals surface area contributed by atoms with Crippen LogP contribution in [0.15, 0.2) is 35.5 Å². The van der Waals surface area contributed by atoms with Crippen LogP contribution in [0.2, 0.25) is 0 Å². The molecule has 1 aromatic carbocycles. The van der Waals surface area contributed by atoms with Crippen molar-refractivity contribution in [3.63, 3.8) is 0 Å². The molecule has 1 aromatic rings. The van der Waals surface area contributed by atoms with Crippen molar-refractivity contribution in [2.45, 2.75) is 32.9 Å². The van der Waals surface area contributed by atoms with Crippen molar-refractivity contribution in [3.8, 4) is 0 Å². The second-order valence-electron chi connectivity index (χ2n) is 4.24. The van der Waals surface area contributed by atoms with E-state index in [1.165, 1.54) is 0 Å². The Morgan fingerprint density at radius 1 is 1.25 bits per heavy atom. The summed E-state index contributed by atoms with van der Waals surface area (Å²) in [5.74, 6) is 0.290. The van der Waals surface area contributed by atoms with Crippen LogP contribution >= 0.6 is 0 Å². The smallest absolute Gasteiger partial charge is 0.0964 e. The van der Waals surface area contributed by atoms with Crippen LogP contribution in [0.5, 0.6) is 0 Å². The molecule has 88 valence electrons. The largest absolute Gasteiger partial charge is 0.377 e. The Bertz CT molecular complexity index is 298. The van der Waals surface area contributed by atoms with Gasteiger partial charge in [-0.1, -0.05) is 49.4 Å². The lowest BCUT2D eigenvalue weighted by molar-refractivity contribution is 0.110. The van der Waals surface area contributed by atoms with Gasteiger partial charge in [0.25, 0.3) is 0 Å². The summed E-state index contributed by atoms with van der Waals surface area (Å²) >= 11 is 0. The van der Waals surface area contributed by atoms with Crippen LogP contribution < -0.4 is 0 Å². The molecule has 3 heteroatoms. The van der Waals surface area contributed by atoms with Crippen molar-refractivity contribution in [2.24, 2.45) is 11.1 Å². The van der Waals surface area contributed by atoms with Crippen LogP contribution in [-0.4, -0.2) is 12.6 Å². The maximum atomic E-state index is 10.5. The second-order valence-corrected chi connectivity index (χ2v) is 4.24. The second kappa shape index (κ2) is 7.12. The van der Waals surface area contributed by atoms with E-state index in [2.05, 4.69) is 5.18 Å². The lowest BCUT2D eigenvalue weighted by atomic mass is 10.0. The molecule has 1 atom stereocenters. The van der Waals surface area contributed by atoms with E-state index in [4.69, 9.17) is 4.74 Å². The zero-order chi connectivity index (χ0) is 11.8. The Hall–Kier alpha value is -1.22. The van der Waals surface area contributed by atoms with E-state index < -0.39 is 0 Å². The van der Waals surface area contributed by atoms with Crippen molar-refractivity contribution in [1.29, 1.82) is 0 Å². The molecule has 1 rings (SSSR count). The first-order valence-electron chi connectivity index (χ1n) is 5.68. The van der Waals surface area contributed by atoms with Crippen molar-refractivity contribution in [2.75, 3.05) is 6.61 Å². The van der Waals surface area contributed by atoms with E-state index in [-0.39, 0.29) is 12.0 Å². The average molecular weight is 221 g/mol. The fourth-order valence-corrected chi connectivity index (χ4v) is 1.48. The molecule has 0 amide bonds. The molecule has 3 nitrogen and oxygen atoms in total. The fraction of sp³-hybridized carbons (Fsp3) is 0.538. The van der Waals surface area contributed by atoms with Crippen LogP contribution in [0.1, 0.15) is 25.8 Å². The van der Waals surface area contributed by atoms with Crippen molar-refractivity contribution >= 4 is 0 Å². The van der Waals surface area contributed by atoms with E-state index in [1.54, 1.807) is 0 Å². The van der Waals surface area contributed by atoms with Crippen molar-refractivity contribution < 1.29 is 4.74 Å². The van der Waals surface area contributed by atoms with Crippen molar-refractivity contribution in [3.05, 3.63) is 40.8 Å². The molecule has 0 aliphatic rings. The molecular weight excluding hydrogens is 202 g/mol. The van der Waals surface area contributed by atoms with Crippen LogP contribution in [0.3, 0.4) is 0 Å². The molecule has 0 heterocycles. The summed E-state index contributed by atoms with van der Waals surface area (Å²) in [6, 6.07) is 9.88. The Balaban J connectivity index is 2.19. The van der Waals surface area contributed by atoms with Gasteiger partial charge in [-0.15, -0.1) is 0 Å². The van der Waals surface area contributed by atoms with Gasteiger partial charge < -0.3 is 4.74 Å². The van der Waals surface area contributed by atoms with Crippen molar-refractivity contribution in [1.82, 2.24) is 0 Å². The van der Waals surface area contributed by atoms with Gasteiger partial charge in [0, 0.05) is 6.61 Å². The highest BCUT2D eigenvalue weighted by molar-refractivity contribution is 5.13. The van der Waals surface area contributed by atoms with E-state index in [1.807, 2.05) is 44.2 Å². The number of rotatable bonds is 7. The molecule has 0 aliphatic heterocycles. The third-order valence-electron chi connectivity index (χ3n) is 2.57. The van der Waals surface area contributed by atoms with Gasteiger partial charge >= 0.3 is 0 Å². The number of ether oxygens (including phenoxy) is 1. The fourth-order valence-electron chi connectivity index (χ4n) is 1.48. The average Bonchev–Trinajstić information content (AvgIpc) is 2.30. The molecule has 0 spiro atoms. The van der Waals surface area contributed by atoms with Gasteiger partial charge in [0.2, 0.25) is 0 Å². The van der Waals surface area contributed by atoms with Gasteiger partial charge in [-0.3, -0.25) is 0 Å². The molecule has 0 unspecified atom stereocenters. The van der Waals surface area contributed by atoms with Crippen LogP contribution in [0, 0.1) is 10.8 Å². The lowest BCUT2D eigenvalue weighted by Gasteiger charge is -2.12. The zero-order valence-electron chi connectivity index (χ0n) is 9.93. The third kappa shape index (κ3) is 4.53. The summed E-state index contributed by atoms with van der Waals surface area (Å²) in [6.45, 7) is 5.19. The van der Waals surface area contributed by atoms with Gasteiger partial charge in [-0.2, -0.15) is 4.91 Å². The summed E-state index contributed by atoms with van der Waals surface area (Å²) in [7, 11) is 0. The predicted molar refractivity (Wildman–Crippen MR) is 65.1 cm³/mol. The minimum absolute atomic E-state index is 0.129. The van der Waals surface area contributed by atoms with Crippen LogP contribution in [0.25, 0.3) is 0 Å². The van der Waals surface area contributed by atoms with E-state index >= 15 is 0 Å². The Labute approximate surface area is 96.8 Å². The van der Waals surface area contributed by atoms with Gasteiger partial charge in [-0.25, -0.2) is 0 Å². The lowest BCUT2D eigenvalue weighted by Crippen LogP contribution is -2.14. The van der Waals surface area contributed by atoms with Gasteiger partial charge in [0.1, 0.15) is 0 Å². The van der Waals surface area contributed by atoms with E-state index in [0.717, 1.165) is 5.56 Å². The molecule has 0 saturated carbocycles. The number of hydrogen-bond acceptors (Lipinski definition) is 3. The monoisotopic (exact) mass is 221 g/mol. The number of nitroso groups, excluding NO2 is 1. The van der Waals surface area contributed by atoms with Gasteiger partial charge in [0.15, 0.2) is 0 Å². The highest BCUT2D eigenvalue weighted by atomic mass is 16.5. The normalized spacial score (nSPS) is 12.7. The first kappa shape index (κ1) is 12.8. The van der Waals surface area contributed by atoms with Gasteiger partial charge in [-0.05, 0) is 17.9 Å². The molecule has 0 fully saturated rings. The molecule has 0 aromatic heterocycles. The van der Waals surface area contributed by atoms with Gasteiger partial charge in [0.05, 0.1) is 12.6 Å². The minimum Gasteiger partial charge on any atom is -0.377 e. The number of hydrogen-bond donors (Lipinski definition) is 0. The number of benzene rings is 1. The molecule has 0 bridgehead atoms. The first-order chi connectivity index (χ1) is 7.74. The summed E-state index contributed by atoms with van der Waals surface area (Å²) in [6.07, 6.45) is 0.702. The number of nitrogens with zero attached hydrogens (tertiary/aromatic N) is 1. The first-order valence-corrected chi connectivity index (χ1v) is 5.68. The molecule has 0 radical (unpaired) electrons. The highest BCUT2D eigenvalue weighted by Crippen LogP contribution is 2.10. The quantitative estimate of drug-likeness (QED) is 0.523. The SMILES string of the molecule is CC(C)[C@H](CCOCc1ccccc1)N=O. The highest BCUT2D eigenvalue weighted by Gasteiger charge is 2.12. The topological polar surface area (TPSA) is 38.7 Å². The Morgan fingerprint density at radius 3 is 2.50 bits per heavy atom. The van der Waals surface area contributed by atoms with Crippen LogP contribution in [-0.2, 0) is 11.3 Å². The van der Waals surface area contributed by atoms with E-state index in [9.17, 15) is 4.91 Å². The van der Waals surface area contributed by atoms with Crippen LogP contribution in [0.4, 0.5) is 0 Å². The Morgan fingerprint density at radius 2 is 1.94 bits per heavy atom. The molecule has 0 aliphatic carbocycles. The summed E-state index contributed by atoms with van der Waals surface area (Å²) in [4.78, 5) is 10.5. The maximum Gasteiger partial charge on any atom is 0.0964 e. The molecule has 16 heavy (non-hydrogen) atoms. The standard InChI is InChI=1S/C13H19NO2/c1-11(2)13(14-15)8-9-16-10-12-6-4-3-5-7-12/h3-7,11,13H,8-10H2,1-2H3/t13-/m0/s1. The summed E-state index contributed by atoms with van der Waals surface area (Å²) in [5, 5.41) is 3.10. The predicted octanol–water partition coefficient (Wildman–Crippen LogP) is 3.38. The third-order valence-corrected chi connectivity index (χ3v) is 2.57. The molecular formula is C13H19NO2.